The Morgan fingerprint density at radius 3 is 2.61 bits per heavy atom. The molecule has 10 heteroatoms. The first-order chi connectivity index (χ1) is 13.3. The molecule has 28 heavy (non-hydrogen) atoms. The molecular weight excluding hydrogens is 422 g/mol. The van der Waals surface area contributed by atoms with E-state index in [0.717, 1.165) is 5.56 Å². The van der Waals surface area contributed by atoms with E-state index in [1.54, 1.807) is 23.6 Å². The Morgan fingerprint density at radius 1 is 1.21 bits per heavy atom. The van der Waals surface area contributed by atoms with Crippen molar-refractivity contribution in [1.29, 1.82) is 0 Å². The zero-order chi connectivity index (χ0) is 20.1. The molecule has 7 nitrogen and oxygen atoms in total. The van der Waals surface area contributed by atoms with E-state index in [-0.39, 0.29) is 22.5 Å². The molecule has 0 bridgehead atoms. The molecule has 0 saturated heterocycles. The predicted octanol–water partition coefficient (Wildman–Crippen LogP) is 3.92. The highest BCUT2D eigenvalue weighted by Gasteiger charge is 2.15. The maximum Gasteiger partial charge on any atom is 0.263 e. The molecule has 146 valence electrons. The van der Waals surface area contributed by atoms with E-state index >= 15 is 0 Å². The third-order valence-electron chi connectivity index (χ3n) is 3.60. The Hall–Kier alpha value is -2.62. The number of aromatic nitrogens is 1. The lowest BCUT2D eigenvalue weighted by atomic mass is 10.2. The van der Waals surface area contributed by atoms with Crippen LogP contribution in [-0.2, 0) is 14.8 Å². The van der Waals surface area contributed by atoms with Gasteiger partial charge in [-0.15, -0.1) is 11.3 Å². The van der Waals surface area contributed by atoms with E-state index in [2.05, 4.69) is 15.0 Å². The number of anilines is 2. The molecule has 0 spiro atoms. The van der Waals surface area contributed by atoms with Gasteiger partial charge in [-0.2, -0.15) is 0 Å². The second-order valence-electron chi connectivity index (χ2n) is 5.71. The monoisotopic (exact) mass is 437 g/mol. The summed E-state index contributed by atoms with van der Waals surface area (Å²) in [6.45, 7) is 1.64. The van der Waals surface area contributed by atoms with Gasteiger partial charge in [0, 0.05) is 22.3 Å². The number of amides is 1. The molecule has 0 radical (unpaired) electrons. The zero-order valence-corrected chi connectivity index (χ0v) is 17.1. The number of nitrogens with one attached hydrogen (secondary N) is 2. The van der Waals surface area contributed by atoms with Gasteiger partial charge >= 0.3 is 0 Å². The van der Waals surface area contributed by atoms with Gasteiger partial charge in [0.15, 0.2) is 11.7 Å². The largest absolute Gasteiger partial charge is 0.483 e. The van der Waals surface area contributed by atoms with Gasteiger partial charge in [-0.05, 0) is 55.0 Å². The quantitative estimate of drug-likeness (QED) is 0.583. The Labute approximate surface area is 171 Å². The topological polar surface area (TPSA) is 97.4 Å². The lowest BCUT2D eigenvalue weighted by molar-refractivity contribution is -0.118. The second kappa shape index (κ2) is 8.59. The molecule has 1 amide bonds. The van der Waals surface area contributed by atoms with Gasteiger partial charge in [0.1, 0.15) is 5.75 Å². The highest BCUT2D eigenvalue weighted by atomic mass is 35.5. The Bertz CT molecular complexity index is 1070. The van der Waals surface area contributed by atoms with Crippen molar-refractivity contribution in [1.82, 2.24) is 4.98 Å². The maximum absolute atomic E-state index is 12.3. The SMILES string of the molecule is Cc1cc(Cl)ccc1OCC(=O)Nc1ccc(S(=O)(=O)Nc2nccs2)cc1. The number of nitrogens with zero attached hydrogens (tertiary/aromatic N) is 1. The molecule has 0 aliphatic carbocycles. The van der Waals surface area contributed by atoms with Gasteiger partial charge in [-0.25, -0.2) is 13.4 Å². The molecule has 3 aromatic rings. The van der Waals surface area contributed by atoms with E-state index in [1.807, 2.05) is 6.92 Å². The number of hydrogen-bond donors (Lipinski definition) is 2. The van der Waals surface area contributed by atoms with Gasteiger partial charge in [0.2, 0.25) is 0 Å². The number of halogens is 1. The van der Waals surface area contributed by atoms with E-state index in [0.29, 0.717) is 16.5 Å². The molecule has 3 rings (SSSR count). The third kappa shape index (κ3) is 5.22. The van der Waals surface area contributed by atoms with Crippen LogP contribution in [0.15, 0.2) is 58.9 Å². The number of carbonyl (C=O) groups excluding carboxylic acids is 1. The summed E-state index contributed by atoms with van der Waals surface area (Å²) >= 11 is 7.07. The summed E-state index contributed by atoms with van der Waals surface area (Å²) in [4.78, 5) is 16.0. The fraction of sp³-hybridized carbons (Fsp3) is 0.111. The average Bonchev–Trinajstić information content (AvgIpc) is 3.14. The molecule has 0 unspecified atom stereocenters. The van der Waals surface area contributed by atoms with Gasteiger partial charge in [-0.1, -0.05) is 11.6 Å². The second-order valence-corrected chi connectivity index (χ2v) is 8.73. The molecule has 2 aromatic carbocycles. The van der Waals surface area contributed by atoms with Gasteiger partial charge in [0.25, 0.3) is 15.9 Å². The molecule has 0 saturated carbocycles. The number of hydrogen-bond acceptors (Lipinski definition) is 6. The predicted molar refractivity (Wildman–Crippen MR) is 110 cm³/mol. The molecule has 0 aliphatic rings. The molecule has 2 N–H and O–H groups in total. The van der Waals surface area contributed by atoms with E-state index in [4.69, 9.17) is 16.3 Å². The Morgan fingerprint density at radius 2 is 1.96 bits per heavy atom. The zero-order valence-electron chi connectivity index (χ0n) is 14.7. The number of rotatable bonds is 7. The first-order valence-electron chi connectivity index (χ1n) is 8.05. The standard InChI is InChI=1S/C18H16ClN3O4S2/c1-12-10-13(19)2-7-16(12)26-11-17(23)21-14-3-5-15(6-4-14)28(24,25)22-18-20-8-9-27-18/h2-10H,11H2,1H3,(H,20,22)(H,21,23). The van der Waals surface area contributed by atoms with Crippen LogP contribution in [0.5, 0.6) is 5.75 Å². The van der Waals surface area contributed by atoms with Crippen LogP contribution in [0.1, 0.15) is 5.56 Å². The van der Waals surface area contributed by atoms with Crippen LogP contribution >= 0.6 is 22.9 Å². The van der Waals surface area contributed by atoms with Crippen molar-refractivity contribution in [3.05, 3.63) is 64.6 Å². The number of thiazole rings is 1. The number of ether oxygens (including phenoxy) is 1. The number of sulfonamides is 1. The Kier molecular flexibility index (Phi) is 6.18. The first-order valence-corrected chi connectivity index (χ1v) is 10.8. The van der Waals surface area contributed by atoms with Gasteiger partial charge in [-0.3, -0.25) is 9.52 Å². The van der Waals surface area contributed by atoms with Crippen LogP contribution in [-0.4, -0.2) is 25.9 Å². The number of aryl methyl sites for hydroxylation is 1. The summed E-state index contributed by atoms with van der Waals surface area (Å²) in [5.41, 5.74) is 1.28. The van der Waals surface area contributed by atoms with Crippen LogP contribution in [0.3, 0.4) is 0 Å². The van der Waals surface area contributed by atoms with Crippen LogP contribution in [0.4, 0.5) is 10.8 Å². The lowest BCUT2D eigenvalue weighted by Gasteiger charge is -2.10. The fourth-order valence-corrected chi connectivity index (χ4v) is 4.30. The fourth-order valence-electron chi connectivity index (χ4n) is 2.28. The van der Waals surface area contributed by atoms with E-state index in [9.17, 15) is 13.2 Å². The summed E-state index contributed by atoms with van der Waals surface area (Å²) < 4.78 is 32.4. The molecule has 0 fully saturated rings. The van der Waals surface area contributed by atoms with Crippen molar-refractivity contribution < 1.29 is 17.9 Å². The van der Waals surface area contributed by atoms with Gasteiger partial charge in [0.05, 0.1) is 4.90 Å². The minimum absolute atomic E-state index is 0.0636. The normalized spacial score (nSPS) is 11.1. The summed E-state index contributed by atoms with van der Waals surface area (Å²) in [5, 5.41) is 5.20. The van der Waals surface area contributed by atoms with E-state index < -0.39 is 10.0 Å². The summed E-state index contributed by atoms with van der Waals surface area (Å²) in [5.74, 6) is 0.195. The van der Waals surface area contributed by atoms with Crippen molar-refractivity contribution >= 4 is 49.7 Å². The molecule has 1 heterocycles. The van der Waals surface area contributed by atoms with Crippen molar-refractivity contribution in [2.75, 3.05) is 16.6 Å². The molecule has 1 aromatic heterocycles. The van der Waals surface area contributed by atoms with Gasteiger partial charge < -0.3 is 10.1 Å². The number of benzene rings is 2. The highest BCUT2D eigenvalue weighted by molar-refractivity contribution is 7.93. The van der Waals surface area contributed by atoms with Crippen molar-refractivity contribution in [2.45, 2.75) is 11.8 Å². The Balaban J connectivity index is 1.58. The smallest absolute Gasteiger partial charge is 0.263 e. The van der Waals surface area contributed by atoms with Crippen LogP contribution in [0.25, 0.3) is 0 Å². The summed E-state index contributed by atoms with van der Waals surface area (Å²) in [7, 11) is -3.73. The van der Waals surface area contributed by atoms with Crippen molar-refractivity contribution in [2.24, 2.45) is 0 Å². The molecule has 0 aliphatic heterocycles. The number of carbonyl (C=O) groups is 1. The third-order valence-corrected chi connectivity index (χ3v) is 6.01. The van der Waals surface area contributed by atoms with Crippen LogP contribution in [0.2, 0.25) is 5.02 Å². The first kappa shape index (κ1) is 20.1. The molecule has 0 atom stereocenters. The molecular formula is C18H16ClN3O4S2. The van der Waals surface area contributed by atoms with Crippen molar-refractivity contribution in [3.8, 4) is 5.75 Å². The highest BCUT2D eigenvalue weighted by Crippen LogP contribution is 2.22. The minimum Gasteiger partial charge on any atom is -0.483 e. The lowest BCUT2D eigenvalue weighted by Crippen LogP contribution is -2.20. The average molecular weight is 438 g/mol. The summed E-state index contributed by atoms with van der Waals surface area (Å²) in [6, 6.07) is 10.9. The minimum atomic E-state index is -3.73. The van der Waals surface area contributed by atoms with Crippen LogP contribution in [0, 0.1) is 6.92 Å². The summed E-state index contributed by atoms with van der Waals surface area (Å²) in [6.07, 6.45) is 1.51. The van der Waals surface area contributed by atoms with E-state index in [1.165, 1.54) is 41.8 Å². The van der Waals surface area contributed by atoms with Crippen LogP contribution < -0.4 is 14.8 Å². The maximum atomic E-state index is 12.3. The van der Waals surface area contributed by atoms with Crippen molar-refractivity contribution in [3.63, 3.8) is 0 Å².